The first-order valence-electron chi connectivity index (χ1n) is 14.9. The van der Waals surface area contributed by atoms with Crippen LogP contribution < -0.4 is 14.4 Å². The number of rotatable bonds is 12. The molecule has 10 heteroatoms. The lowest BCUT2D eigenvalue weighted by Crippen LogP contribution is -2.56. The molecule has 0 spiro atoms. The minimum Gasteiger partial charge on any atom is -0.495 e. The summed E-state index contributed by atoms with van der Waals surface area (Å²) in [7, 11) is -2.83. The van der Waals surface area contributed by atoms with Gasteiger partial charge in [-0.3, -0.25) is 13.9 Å². The van der Waals surface area contributed by atoms with E-state index in [1.165, 1.54) is 24.1 Å². The fraction of sp³-hybridized carbons (Fsp3) is 0.278. The fourth-order valence-electron chi connectivity index (χ4n) is 5.00. The Bertz CT molecular complexity index is 1760. The van der Waals surface area contributed by atoms with E-state index in [4.69, 9.17) is 16.3 Å². The Hall–Kier alpha value is -4.34. The van der Waals surface area contributed by atoms with Crippen molar-refractivity contribution in [1.29, 1.82) is 0 Å². The summed E-state index contributed by atoms with van der Waals surface area (Å²) in [4.78, 5) is 30.1. The first-order valence-corrected chi connectivity index (χ1v) is 16.7. The fourth-order valence-corrected chi connectivity index (χ4v) is 6.62. The van der Waals surface area contributed by atoms with Crippen molar-refractivity contribution in [2.45, 2.75) is 57.1 Å². The molecule has 4 aromatic rings. The molecule has 0 heterocycles. The minimum atomic E-state index is -4.27. The van der Waals surface area contributed by atoms with Crippen molar-refractivity contribution in [3.8, 4) is 5.75 Å². The number of anilines is 1. The lowest BCUT2D eigenvalue weighted by Gasteiger charge is -2.35. The number of ether oxygens (including phenoxy) is 1. The number of amides is 2. The number of hydrogen-bond acceptors (Lipinski definition) is 5. The number of methoxy groups -OCH3 is 1. The predicted octanol–water partition coefficient (Wildman–Crippen LogP) is 6.41. The summed E-state index contributed by atoms with van der Waals surface area (Å²) in [6.45, 7) is 6.82. The minimum absolute atomic E-state index is 0.0146. The molecule has 0 aliphatic heterocycles. The largest absolute Gasteiger partial charge is 0.495 e. The van der Waals surface area contributed by atoms with E-state index < -0.39 is 34.1 Å². The highest BCUT2D eigenvalue weighted by molar-refractivity contribution is 7.92. The molecule has 0 fully saturated rings. The molecule has 0 unspecified atom stereocenters. The number of benzene rings is 4. The van der Waals surface area contributed by atoms with Gasteiger partial charge in [0.15, 0.2) is 0 Å². The van der Waals surface area contributed by atoms with Crippen LogP contribution in [0.1, 0.15) is 37.5 Å². The third-order valence-electron chi connectivity index (χ3n) is 7.31. The second-order valence-corrected chi connectivity index (χ2v) is 14.3. The second kappa shape index (κ2) is 14.8. The summed E-state index contributed by atoms with van der Waals surface area (Å²) in [6.07, 6.45) is 0.193. The first kappa shape index (κ1) is 34.5. The van der Waals surface area contributed by atoms with Gasteiger partial charge in [0, 0.05) is 23.5 Å². The normalized spacial score (nSPS) is 12.2. The number of hydrogen-bond donors (Lipinski definition) is 1. The zero-order chi connectivity index (χ0) is 33.5. The van der Waals surface area contributed by atoms with Gasteiger partial charge in [0.05, 0.1) is 17.7 Å². The van der Waals surface area contributed by atoms with E-state index in [1.807, 2.05) is 58.0 Å². The van der Waals surface area contributed by atoms with Crippen LogP contribution in [0.15, 0.2) is 108 Å². The molecule has 1 N–H and O–H groups in total. The van der Waals surface area contributed by atoms with Crippen LogP contribution >= 0.6 is 11.6 Å². The van der Waals surface area contributed by atoms with Crippen LogP contribution in [0.2, 0.25) is 5.02 Å². The van der Waals surface area contributed by atoms with Crippen molar-refractivity contribution in [2.75, 3.05) is 18.0 Å². The van der Waals surface area contributed by atoms with Gasteiger partial charge >= 0.3 is 0 Å². The van der Waals surface area contributed by atoms with Gasteiger partial charge in [0.25, 0.3) is 10.0 Å². The maximum absolute atomic E-state index is 14.6. The van der Waals surface area contributed by atoms with Crippen LogP contribution in [0.25, 0.3) is 0 Å². The van der Waals surface area contributed by atoms with Crippen LogP contribution in [0.3, 0.4) is 0 Å². The second-order valence-electron chi connectivity index (χ2n) is 12.1. The number of carbonyl (C=O) groups excluding carboxylic acids is 2. The van der Waals surface area contributed by atoms with Gasteiger partial charge in [-0.25, -0.2) is 8.42 Å². The van der Waals surface area contributed by atoms with Gasteiger partial charge in [-0.05, 0) is 69.2 Å². The van der Waals surface area contributed by atoms with Crippen molar-refractivity contribution in [1.82, 2.24) is 10.2 Å². The van der Waals surface area contributed by atoms with Crippen molar-refractivity contribution >= 4 is 39.1 Å². The predicted molar refractivity (Wildman–Crippen MR) is 183 cm³/mol. The molecular formula is C36H40ClN3O5S. The Morgan fingerprint density at radius 1 is 0.870 bits per heavy atom. The highest BCUT2D eigenvalue weighted by Crippen LogP contribution is 2.33. The Morgan fingerprint density at radius 3 is 2.11 bits per heavy atom. The lowest BCUT2D eigenvalue weighted by atomic mass is 10.0. The van der Waals surface area contributed by atoms with Crippen LogP contribution in [0.5, 0.6) is 5.75 Å². The van der Waals surface area contributed by atoms with E-state index in [0.29, 0.717) is 10.6 Å². The highest BCUT2D eigenvalue weighted by atomic mass is 35.5. The molecule has 0 radical (unpaired) electrons. The molecule has 1 atom stereocenters. The molecule has 8 nitrogen and oxygen atoms in total. The summed E-state index contributed by atoms with van der Waals surface area (Å²) >= 11 is 6.57. The number of sulfonamides is 1. The third-order valence-corrected chi connectivity index (χ3v) is 9.45. The van der Waals surface area contributed by atoms with Crippen LogP contribution in [-0.4, -0.2) is 50.4 Å². The van der Waals surface area contributed by atoms with Crippen molar-refractivity contribution in [3.05, 3.63) is 125 Å². The molecule has 46 heavy (non-hydrogen) atoms. The summed E-state index contributed by atoms with van der Waals surface area (Å²) in [5.74, 6) is -0.691. The maximum Gasteiger partial charge on any atom is 0.264 e. The molecule has 0 saturated heterocycles. The third kappa shape index (κ3) is 8.68. The number of halogens is 1. The topological polar surface area (TPSA) is 96.0 Å². The monoisotopic (exact) mass is 661 g/mol. The smallest absolute Gasteiger partial charge is 0.264 e. The molecular weight excluding hydrogens is 622 g/mol. The first-order chi connectivity index (χ1) is 21.8. The van der Waals surface area contributed by atoms with Crippen molar-refractivity contribution in [2.24, 2.45) is 0 Å². The standard InChI is InChI=1S/C36H40ClN3O5S/c1-26-19-21-29(22-20-26)46(43,44)40(31-17-11-12-18-33(31)45-5)25-34(41)39(24-28-15-9-10-16-30(28)37)32(35(42)38-36(2,3)4)23-27-13-7-6-8-14-27/h6-22,32H,23-25H2,1-5H3,(H,38,42)/t32-/m0/s1. The van der Waals surface area contributed by atoms with Gasteiger partial charge in [-0.15, -0.1) is 0 Å². The molecule has 4 aromatic carbocycles. The molecule has 0 bridgehead atoms. The van der Waals surface area contributed by atoms with Crippen LogP contribution in [0.4, 0.5) is 5.69 Å². The maximum atomic E-state index is 14.6. The zero-order valence-electron chi connectivity index (χ0n) is 26.7. The number of para-hydroxylation sites is 2. The van der Waals surface area contributed by atoms with Gasteiger partial charge in [-0.2, -0.15) is 0 Å². The van der Waals surface area contributed by atoms with E-state index in [2.05, 4.69) is 5.32 Å². The summed E-state index contributed by atoms with van der Waals surface area (Å²) in [5, 5.41) is 3.44. The average Bonchev–Trinajstić information content (AvgIpc) is 3.02. The van der Waals surface area contributed by atoms with E-state index in [0.717, 1.165) is 15.4 Å². The number of carbonyl (C=O) groups is 2. The Kier molecular flexibility index (Phi) is 11.1. The Labute approximate surface area is 277 Å². The molecule has 0 aromatic heterocycles. The molecule has 242 valence electrons. The number of nitrogens with zero attached hydrogens (tertiary/aromatic N) is 2. The van der Waals surface area contributed by atoms with Gasteiger partial charge in [-0.1, -0.05) is 90.0 Å². The zero-order valence-corrected chi connectivity index (χ0v) is 28.3. The summed E-state index contributed by atoms with van der Waals surface area (Å²) in [5.41, 5.74) is 1.93. The van der Waals surface area contributed by atoms with E-state index in [1.54, 1.807) is 60.7 Å². The molecule has 2 amide bonds. The lowest BCUT2D eigenvalue weighted by molar-refractivity contribution is -0.140. The number of nitrogens with one attached hydrogen (secondary N) is 1. The van der Waals surface area contributed by atoms with E-state index >= 15 is 0 Å². The summed E-state index contributed by atoms with van der Waals surface area (Å²) in [6, 6.07) is 28.5. The Morgan fingerprint density at radius 2 is 1.48 bits per heavy atom. The van der Waals surface area contributed by atoms with Crippen LogP contribution in [0, 0.1) is 6.92 Å². The molecule has 0 saturated carbocycles. The summed E-state index contributed by atoms with van der Waals surface area (Å²) < 4.78 is 35.1. The van der Waals surface area contributed by atoms with Crippen LogP contribution in [-0.2, 0) is 32.6 Å². The highest BCUT2D eigenvalue weighted by Gasteiger charge is 2.36. The molecule has 4 rings (SSSR count). The van der Waals surface area contributed by atoms with E-state index in [-0.39, 0.29) is 35.2 Å². The number of aryl methyl sites for hydroxylation is 1. The average molecular weight is 662 g/mol. The molecule has 0 aliphatic carbocycles. The Balaban J connectivity index is 1.85. The van der Waals surface area contributed by atoms with Gasteiger partial charge < -0.3 is 15.0 Å². The SMILES string of the molecule is COc1ccccc1N(CC(=O)N(Cc1ccccc1Cl)[C@@H](Cc1ccccc1)C(=O)NC(C)(C)C)S(=O)(=O)c1ccc(C)cc1. The quantitative estimate of drug-likeness (QED) is 0.189. The van der Waals surface area contributed by atoms with Crippen molar-refractivity contribution in [3.63, 3.8) is 0 Å². The van der Waals surface area contributed by atoms with E-state index in [9.17, 15) is 18.0 Å². The van der Waals surface area contributed by atoms with Gasteiger partial charge in [0.1, 0.15) is 18.3 Å². The van der Waals surface area contributed by atoms with Crippen molar-refractivity contribution < 1.29 is 22.7 Å². The molecule has 0 aliphatic rings. The van der Waals surface area contributed by atoms with Gasteiger partial charge in [0.2, 0.25) is 11.8 Å².